The van der Waals surface area contributed by atoms with Crippen molar-refractivity contribution in [1.82, 2.24) is 10.2 Å². The van der Waals surface area contributed by atoms with Gasteiger partial charge in [0, 0.05) is 23.7 Å². The van der Waals surface area contributed by atoms with Gasteiger partial charge in [-0.15, -0.1) is 11.8 Å². The molecule has 0 spiro atoms. The Morgan fingerprint density at radius 3 is 3.05 bits per heavy atom. The van der Waals surface area contributed by atoms with E-state index in [0.717, 1.165) is 11.3 Å². The summed E-state index contributed by atoms with van der Waals surface area (Å²) in [5, 5.41) is 2.84. The van der Waals surface area contributed by atoms with E-state index in [4.69, 9.17) is 0 Å². The molecule has 1 aromatic carbocycles. The summed E-state index contributed by atoms with van der Waals surface area (Å²) in [4.78, 5) is 27.7. The van der Waals surface area contributed by atoms with Crippen LogP contribution >= 0.6 is 11.8 Å². The minimum Gasteiger partial charge on any atom is -0.353 e. The predicted molar refractivity (Wildman–Crippen MR) is 78.7 cm³/mol. The van der Waals surface area contributed by atoms with E-state index in [1.807, 2.05) is 25.1 Å². The van der Waals surface area contributed by atoms with Gasteiger partial charge in [-0.1, -0.05) is 25.1 Å². The minimum absolute atomic E-state index is 0.0222. The van der Waals surface area contributed by atoms with Crippen molar-refractivity contribution in [1.29, 1.82) is 0 Å². The van der Waals surface area contributed by atoms with Gasteiger partial charge in [0.2, 0.25) is 11.8 Å². The van der Waals surface area contributed by atoms with Crippen LogP contribution in [0.3, 0.4) is 0 Å². The van der Waals surface area contributed by atoms with Crippen LogP contribution in [-0.2, 0) is 9.59 Å². The molecule has 2 atom stereocenters. The minimum atomic E-state index is -0.311. The van der Waals surface area contributed by atoms with Gasteiger partial charge in [-0.25, -0.2) is 0 Å². The average molecular weight is 290 g/mol. The molecule has 0 saturated carbocycles. The van der Waals surface area contributed by atoms with Crippen LogP contribution in [0, 0.1) is 0 Å². The molecule has 2 aliphatic rings. The molecule has 0 aliphatic carbocycles. The van der Waals surface area contributed by atoms with E-state index in [-0.39, 0.29) is 23.8 Å². The highest BCUT2D eigenvalue weighted by molar-refractivity contribution is 7.99. The number of nitrogens with zero attached hydrogens (tertiary/aromatic N) is 1. The molecule has 1 aromatic rings. The Bertz CT molecular complexity index is 546. The second-order valence-corrected chi connectivity index (χ2v) is 6.21. The quantitative estimate of drug-likeness (QED) is 0.900. The fourth-order valence-corrected chi connectivity index (χ4v) is 4.17. The Kier molecular flexibility index (Phi) is 3.70. The molecule has 4 nitrogen and oxygen atoms in total. The molecular weight excluding hydrogens is 272 g/mol. The van der Waals surface area contributed by atoms with Crippen molar-refractivity contribution in [2.24, 2.45) is 0 Å². The first-order valence-corrected chi connectivity index (χ1v) is 8.01. The van der Waals surface area contributed by atoms with Gasteiger partial charge in [0.05, 0.1) is 5.92 Å². The van der Waals surface area contributed by atoms with Crippen molar-refractivity contribution in [2.45, 2.75) is 30.2 Å². The molecule has 0 radical (unpaired) electrons. The van der Waals surface area contributed by atoms with Gasteiger partial charge in [0.1, 0.15) is 6.04 Å². The molecule has 2 unspecified atom stereocenters. The molecule has 0 bridgehead atoms. The zero-order valence-electron chi connectivity index (χ0n) is 11.5. The normalized spacial score (nSPS) is 25.2. The third-order valence-electron chi connectivity index (χ3n) is 4.00. The van der Waals surface area contributed by atoms with Gasteiger partial charge in [-0.2, -0.15) is 0 Å². The van der Waals surface area contributed by atoms with Crippen LogP contribution in [0.25, 0.3) is 0 Å². The lowest BCUT2D eigenvalue weighted by molar-refractivity contribution is -0.144. The molecule has 2 aliphatic heterocycles. The standard InChI is InChI=1S/C15H18N2O2S/c1-2-12-14(18)16-7-8-17(12)15(19)11-9-20-13-6-4-3-5-10(11)13/h3-6,11-12H,2,7-9H2,1H3,(H,16,18). The SMILES string of the molecule is CCC1C(=O)NCCN1C(=O)C1CSc2ccccc21. The van der Waals surface area contributed by atoms with Crippen LogP contribution in [0.4, 0.5) is 0 Å². The van der Waals surface area contributed by atoms with Gasteiger partial charge in [-0.3, -0.25) is 9.59 Å². The van der Waals surface area contributed by atoms with Crippen LogP contribution in [0.15, 0.2) is 29.2 Å². The van der Waals surface area contributed by atoms with Crippen molar-refractivity contribution in [3.8, 4) is 0 Å². The molecule has 2 heterocycles. The zero-order valence-corrected chi connectivity index (χ0v) is 12.3. The molecule has 3 rings (SSSR count). The number of fused-ring (bicyclic) bond motifs is 1. The molecule has 0 aromatic heterocycles. The number of hydrogen-bond acceptors (Lipinski definition) is 3. The van der Waals surface area contributed by atoms with Crippen LogP contribution in [0.2, 0.25) is 0 Å². The summed E-state index contributed by atoms with van der Waals surface area (Å²) in [6.45, 7) is 3.13. The first-order chi connectivity index (χ1) is 9.72. The van der Waals surface area contributed by atoms with E-state index in [1.165, 1.54) is 4.90 Å². The number of amides is 2. The number of hydrogen-bond donors (Lipinski definition) is 1. The summed E-state index contributed by atoms with van der Waals surface area (Å²) in [5.41, 5.74) is 1.11. The number of benzene rings is 1. The van der Waals surface area contributed by atoms with Gasteiger partial charge < -0.3 is 10.2 Å². The van der Waals surface area contributed by atoms with Crippen LogP contribution in [-0.4, -0.2) is 41.6 Å². The van der Waals surface area contributed by atoms with Gasteiger partial charge >= 0.3 is 0 Å². The maximum absolute atomic E-state index is 12.8. The number of thioether (sulfide) groups is 1. The summed E-state index contributed by atoms with van der Waals surface area (Å²) >= 11 is 1.73. The highest BCUT2D eigenvalue weighted by Crippen LogP contribution is 2.40. The molecule has 1 fully saturated rings. The number of rotatable bonds is 2. The Hall–Kier alpha value is -1.49. The van der Waals surface area contributed by atoms with E-state index < -0.39 is 0 Å². The Labute approximate surface area is 122 Å². The first kappa shape index (κ1) is 13.5. The van der Waals surface area contributed by atoms with Crippen LogP contribution in [0.1, 0.15) is 24.8 Å². The van der Waals surface area contributed by atoms with Crippen molar-refractivity contribution in [3.05, 3.63) is 29.8 Å². The molecular formula is C15H18N2O2S. The fourth-order valence-electron chi connectivity index (χ4n) is 2.95. The van der Waals surface area contributed by atoms with Gasteiger partial charge in [-0.05, 0) is 18.1 Å². The van der Waals surface area contributed by atoms with E-state index >= 15 is 0 Å². The lowest BCUT2D eigenvalue weighted by Crippen LogP contribution is -2.57. The maximum atomic E-state index is 12.8. The third-order valence-corrected chi connectivity index (χ3v) is 5.18. The van der Waals surface area contributed by atoms with E-state index in [2.05, 4.69) is 11.4 Å². The Balaban J connectivity index is 1.84. The third kappa shape index (κ3) is 2.20. The maximum Gasteiger partial charge on any atom is 0.242 e. The highest BCUT2D eigenvalue weighted by Gasteiger charge is 2.38. The predicted octanol–water partition coefficient (Wildman–Crippen LogP) is 1.61. The lowest BCUT2D eigenvalue weighted by Gasteiger charge is -2.36. The number of carbonyl (C=O) groups excluding carboxylic acids is 2. The van der Waals surface area contributed by atoms with E-state index in [9.17, 15) is 9.59 Å². The largest absolute Gasteiger partial charge is 0.353 e. The van der Waals surface area contributed by atoms with Crippen molar-refractivity contribution in [2.75, 3.05) is 18.8 Å². The molecule has 20 heavy (non-hydrogen) atoms. The smallest absolute Gasteiger partial charge is 0.242 e. The summed E-state index contributed by atoms with van der Waals surface area (Å²) < 4.78 is 0. The van der Waals surface area contributed by atoms with Crippen LogP contribution < -0.4 is 5.32 Å². The fraction of sp³-hybridized carbons (Fsp3) is 0.467. The Morgan fingerprint density at radius 1 is 1.45 bits per heavy atom. The summed E-state index contributed by atoms with van der Waals surface area (Å²) in [6, 6.07) is 7.76. The summed E-state index contributed by atoms with van der Waals surface area (Å²) in [7, 11) is 0. The number of carbonyl (C=O) groups is 2. The van der Waals surface area contributed by atoms with Crippen molar-refractivity contribution in [3.63, 3.8) is 0 Å². The van der Waals surface area contributed by atoms with E-state index in [1.54, 1.807) is 16.7 Å². The molecule has 5 heteroatoms. The van der Waals surface area contributed by atoms with Gasteiger partial charge in [0.25, 0.3) is 0 Å². The second kappa shape index (κ2) is 5.48. The summed E-state index contributed by atoms with van der Waals surface area (Å²) in [6.07, 6.45) is 0.666. The second-order valence-electron chi connectivity index (χ2n) is 5.15. The highest BCUT2D eigenvalue weighted by atomic mass is 32.2. The van der Waals surface area contributed by atoms with Gasteiger partial charge in [0.15, 0.2) is 0 Å². The molecule has 2 amide bonds. The van der Waals surface area contributed by atoms with Crippen molar-refractivity contribution >= 4 is 23.6 Å². The Morgan fingerprint density at radius 2 is 2.25 bits per heavy atom. The number of piperazine rings is 1. The summed E-state index contributed by atoms with van der Waals surface area (Å²) in [5.74, 6) is 0.763. The van der Waals surface area contributed by atoms with E-state index in [0.29, 0.717) is 19.5 Å². The monoisotopic (exact) mass is 290 g/mol. The lowest BCUT2D eigenvalue weighted by atomic mass is 9.98. The topological polar surface area (TPSA) is 49.4 Å². The molecule has 1 saturated heterocycles. The zero-order chi connectivity index (χ0) is 14.1. The average Bonchev–Trinajstić information content (AvgIpc) is 2.90. The molecule has 106 valence electrons. The van der Waals surface area contributed by atoms with Crippen molar-refractivity contribution < 1.29 is 9.59 Å². The first-order valence-electron chi connectivity index (χ1n) is 7.02. The van der Waals surface area contributed by atoms with Crippen LogP contribution in [0.5, 0.6) is 0 Å². The molecule has 1 N–H and O–H groups in total. The number of nitrogens with one attached hydrogen (secondary N) is 1.